The summed E-state index contributed by atoms with van der Waals surface area (Å²) in [7, 11) is 0. The molecular formula is C28H36O5. The molecule has 2 aliphatic heterocycles. The topological polar surface area (TPSA) is 72.8 Å². The van der Waals surface area contributed by atoms with Crippen LogP contribution in [0.3, 0.4) is 0 Å². The number of ketones is 1. The lowest BCUT2D eigenvalue weighted by Crippen LogP contribution is -2.46. The van der Waals surface area contributed by atoms with Gasteiger partial charge in [0.2, 0.25) is 0 Å². The molecule has 0 aromatic carbocycles. The van der Waals surface area contributed by atoms with Gasteiger partial charge in [0.1, 0.15) is 23.2 Å². The zero-order chi connectivity index (χ0) is 24.6. The van der Waals surface area contributed by atoms with Crippen molar-refractivity contribution in [3.63, 3.8) is 0 Å². The molecular weight excluding hydrogens is 416 g/mol. The average molecular weight is 453 g/mol. The summed E-state index contributed by atoms with van der Waals surface area (Å²) in [6, 6.07) is 0. The minimum Gasteiger partial charge on any atom is -0.460 e. The molecule has 5 heteroatoms. The number of hydrogen-bond donors (Lipinski definition) is 1. The number of carbonyl (C=O) groups excluding carboxylic acids is 2. The van der Waals surface area contributed by atoms with Crippen LogP contribution in [0.15, 0.2) is 71.9 Å². The summed E-state index contributed by atoms with van der Waals surface area (Å²) in [4.78, 5) is 24.8. The Labute approximate surface area is 197 Å². The summed E-state index contributed by atoms with van der Waals surface area (Å²) in [6.45, 7) is 13.1. The van der Waals surface area contributed by atoms with Crippen molar-refractivity contribution < 1.29 is 24.2 Å². The van der Waals surface area contributed by atoms with Gasteiger partial charge in [-0.15, -0.1) is 0 Å². The van der Waals surface area contributed by atoms with Gasteiger partial charge in [-0.3, -0.25) is 9.59 Å². The number of aliphatic hydroxyl groups is 1. The first-order valence-electron chi connectivity index (χ1n) is 11.5. The van der Waals surface area contributed by atoms with E-state index < -0.39 is 28.5 Å². The first-order chi connectivity index (χ1) is 15.4. The van der Waals surface area contributed by atoms with E-state index in [-0.39, 0.29) is 23.9 Å². The third-order valence-electron chi connectivity index (χ3n) is 7.59. The first-order valence-corrected chi connectivity index (χ1v) is 11.5. The summed E-state index contributed by atoms with van der Waals surface area (Å²) in [6.07, 6.45) is 18.2. The molecule has 0 radical (unpaired) electrons. The molecule has 1 N–H and O–H groups in total. The van der Waals surface area contributed by atoms with E-state index in [0.29, 0.717) is 0 Å². The molecule has 5 nitrogen and oxygen atoms in total. The molecule has 2 unspecified atom stereocenters. The molecule has 1 aliphatic carbocycles. The lowest BCUT2D eigenvalue weighted by atomic mass is 9.68. The van der Waals surface area contributed by atoms with Crippen molar-refractivity contribution in [1.29, 1.82) is 0 Å². The minimum atomic E-state index is -1.11. The standard InChI is InChI=1S/C28H36O5/c1-18(23-27(6,31)17-19(2)21(4)32-23)15-13-11-9-8-10-12-14-16-26(5)24-20(3)22(29)28(26,7)25(30)33-24/h8-17,20-21,23-24,31H,1-7H3/b9-8+,12-10+,13-11+,16-14+,18-15+/t20?,21-,23-,24+,26-,27-,28?/m1/s1. The van der Waals surface area contributed by atoms with Crippen LogP contribution < -0.4 is 0 Å². The van der Waals surface area contributed by atoms with Gasteiger partial charge in [-0.25, -0.2) is 0 Å². The maximum atomic E-state index is 12.6. The monoisotopic (exact) mass is 452 g/mol. The van der Waals surface area contributed by atoms with Gasteiger partial charge in [-0.05, 0) is 51.8 Å². The summed E-state index contributed by atoms with van der Waals surface area (Å²) in [5, 5.41) is 10.7. The second-order valence-corrected chi connectivity index (χ2v) is 10.1. The Morgan fingerprint density at radius 2 is 1.58 bits per heavy atom. The number of fused-ring (bicyclic) bond motifs is 2. The van der Waals surface area contributed by atoms with Crippen molar-refractivity contribution >= 4 is 11.8 Å². The maximum absolute atomic E-state index is 12.6. The predicted octanol–water partition coefficient (Wildman–Crippen LogP) is 4.80. The highest BCUT2D eigenvalue weighted by atomic mass is 16.6. The average Bonchev–Trinajstić information content (AvgIpc) is 3.02. The molecule has 7 atom stereocenters. The highest BCUT2D eigenvalue weighted by Crippen LogP contribution is 2.60. The van der Waals surface area contributed by atoms with Gasteiger partial charge in [0, 0.05) is 5.41 Å². The molecule has 3 rings (SSSR count). The number of allylic oxidation sites excluding steroid dienone is 8. The van der Waals surface area contributed by atoms with Crippen LogP contribution in [0.2, 0.25) is 0 Å². The van der Waals surface area contributed by atoms with E-state index in [2.05, 4.69) is 0 Å². The van der Waals surface area contributed by atoms with E-state index in [9.17, 15) is 14.7 Å². The highest BCUT2D eigenvalue weighted by molar-refractivity contribution is 6.10. The molecule has 33 heavy (non-hydrogen) atoms. The Bertz CT molecular complexity index is 992. The van der Waals surface area contributed by atoms with Gasteiger partial charge in [0.25, 0.3) is 0 Å². The molecule has 1 saturated carbocycles. The SMILES string of the molecule is CC1=C[C@@](C)(O)[C@@H](/C(C)=C/C=C/C=C/C=C/C=C/[C@]2(C)[C@H]3OC(=O)C2(C)C(=O)C3C)O[C@@H]1C. The molecule has 1 saturated heterocycles. The third-order valence-corrected chi connectivity index (χ3v) is 7.59. The number of esters is 1. The summed E-state index contributed by atoms with van der Waals surface area (Å²) in [5.74, 6) is -0.728. The van der Waals surface area contributed by atoms with Gasteiger partial charge < -0.3 is 14.6 Å². The van der Waals surface area contributed by atoms with Crippen molar-refractivity contribution in [2.24, 2.45) is 16.7 Å². The molecule has 178 valence electrons. The fourth-order valence-corrected chi connectivity index (χ4v) is 5.24. The number of Topliss-reactive ketones (excluding diaryl/α,β-unsaturated/α-hetero) is 1. The largest absolute Gasteiger partial charge is 0.460 e. The van der Waals surface area contributed by atoms with Crippen LogP contribution in [-0.2, 0) is 19.1 Å². The van der Waals surface area contributed by atoms with E-state index in [1.54, 1.807) is 13.8 Å². The van der Waals surface area contributed by atoms with Crippen LogP contribution in [-0.4, -0.2) is 40.8 Å². The van der Waals surface area contributed by atoms with Crippen molar-refractivity contribution in [3.05, 3.63) is 71.9 Å². The summed E-state index contributed by atoms with van der Waals surface area (Å²) >= 11 is 0. The van der Waals surface area contributed by atoms with Crippen LogP contribution in [0.1, 0.15) is 48.5 Å². The number of carbonyl (C=O) groups is 2. The van der Waals surface area contributed by atoms with Crippen LogP contribution in [0.25, 0.3) is 0 Å². The lowest BCUT2D eigenvalue weighted by Gasteiger charge is -2.38. The van der Waals surface area contributed by atoms with Gasteiger partial charge in [0.05, 0.1) is 12.0 Å². The molecule has 0 spiro atoms. The molecule has 2 fully saturated rings. The zero-order valence-electron chi connectivity index (χ0n) is 20.7. The van der Waals surface area contributed by atoms with Crippen LogP contribution >= 0.6 is 0 Å². The van der Waals surface area contributed by atoms with Gasteiger partial charge in [-0.2, -0.15) is 0 Å². The lowest BCUT2D eigenvalue weighted by molar-refractivity contribution is -0.161. The van der Waals surface area contributed by atoms with E-state index in [1.807, 2.05) is 95.4 Å². The van der Waals surface area contributed by atoms with Gasteiger partial charge in [-0.1, -0.05) is 68.5 Å². The van der Waals surface area contributed by atoms with Crippen molar-refractivity contribution in [2.45, 2.75) is 72.4 Å². The van der Waals surface area contributed by atoms with Crippen molar-refractivity contribution in [1.82, 2.24) is 0 Å². The smallest absolute Gasteiger partial charge is 0.320 e. The fourth-order valence-electron chi connectivity index (χ4n) is 5.24. The van der Waals surface area contributed by atoms with E-state index in [0.717, 1.165) is 11.1 Å². The van der Waals surface area contributed by atoms with Crippen molar-refractivity contribution in [3.8, 4) is 0 Å². The van der Waals surface area contributed by atoms with Gasteiger partial charge >= 0.3 is 5.97 Å². The van der Waals surface area contributed by atoms with Crippen LogP contribution in [0.5, 0.6) is 0 Å². The predicted molar refractivity (Wildman–Crippen MR) is 129 cm³/mol. The Hall–Kier alpha value is -2.50. The normalized spacial score (nSPS) is 41.8. The number of ether oxygens (including phenoxy) is 2. The Morgan fingerprint density at radius 1 is 1.00 bits per heavy atom. The second-order valence-electron chi connectivity index (χ2n) is 10.1. The Morgan fingerprint density at radius 3 is 2.18 bits per heavy atom. The first kappa shape index (κ1) is 25.1. The quantitative estimate of drug-likeness (QED) is 0.271. The number of hydrogen-bond acceptors (Lipinski definition) is 5. The van der Waals surface area contributed by atoms with Gasteiger partial charge in [0.15, 0.2) is 5.78 Å². The fraction of sp³-hybridized carbons (Fsp3) is 0.500. The molecule has 0 amide bonds. The van der Waals surface area contributed by atoms with Crippen molar-refractivity contribution in [2.75, 3.05) is 0 Å². The van der Waals surface area contributed by atoms with E-state index >= 15 is 0 Å². The summed E-state index contributed by atoms with van der Waals surface area (Å²) < 4.78 is 11.5. The molecule has 3 aliphatic rings. The van der Waals surface area contributed by atoms with Crippen LogP contribution in [0.4, 0.5) is 0 Å². The Balaban J connectivity index is 1.57. The maximum Gasteiger partial charge on any atom is 0.320 e. The number of rotatable bonds is 6. The molecule has 0 aromatic heterocycles. The van der Waals surface area contributed by atoms with E-state index in [4.69, 9.17) is 9.47 Å². The molecule has 2 heterocycles. The Kier molecular flexibility index (Phi) is 6.88. The second kappa shape index (κ2) is 9.03. The minimum absolute atomic E-state index is 0.0177. The third kappa shape index (κ3) is 4.24. The zero-order valence-corrected chi connectivity index (χ0v) is 20.7. The van der Waals surface area contributed by atoms with Crippen LogP contribution in [0, 0.1) is 16.7 Å². The van der Waals surface area contributed by atoms with E-state index in [1.165, 1.54) is 0 Å². The molecule has 2 bridgehead atoms. The highest BCUT2D eigenvalue weighted by Gasteiger charge is 2.73. The summed E-state index contributed by atoms with van der Waals surface area (Å²) in [5.41, 5.74) is -0.784. The molecule has 0 aromatic rings.